The fourth-order valence-electron chi connectivity index (χ4n) is 2.45. The minimum absolute atomic E-state index is 0.260. The lowest BCUT2D eigenvalue weighted by atomic mass is 9.85. The maximum atomic E-state index is 12.0. The molecule has 0 aliphatic heterocycles. The molecule has 0 bridgehead atoms. The second kappa shape index (κ2) is 5.80. The molecule has 0 radical (unpaired) electrons. The van der Waals surface area contributed by atoms with Crippen molar-refractivity contribution in [1.82, 2.24) is 5.32 Å². The highest BCUT2D eigenvalue weighted by atomic mass is 35.5. The van der Waals surface area contributed by atoms with Gasteiger partial charge in [0.25, 0.3) is 5.91 Å². The largest absolute Gasteiger partial charge is 0.398 e. The lowest BCUT2D eigenvalue weighted by molar-refractivity contribution is 0.00526. The summed E-state index contributed by atoms with van der Waals surface area (Å²) in [7, 11) is 0. The molecule has 4 N–H and O–H groups in total. The first-order valence-corrected chi connectivity index (χ1v) is 6.94. The predicted octanol–water partition coefficient (Wildman–Crippen LogP) is 2.35. The summed E-state index contributed by atoms with van der Waals surface area (Å²) in [5, 5.41) is 13.3. The Morgan fingerprint density at radius 1 is 1.37 bits per heavy atom. The van der Waals surface area contributed by atoms with Crippen LogP contribution < -0.4 is 11.1 Å². The first kappa shape index (κ1) is 14.2. The first-order valence-electron chi connectivity index (χ1n) is 6.56. The molecule has 0 spiro atoms. The lowest BCUT2D eigenvalue weighted by Gasteiger charge is -2.32. The van der Waals surface area contributed by atoms with Crippen LogP contribution in [0.25, 0.3) is 0 Å². The summed E-state index contributed by atoms with van der Waals surface area (Å²) in [5.74, 6) is -0.295. The van der Waals surface area contributed by atoms with Crippen molar-refractivity contribution in [2.24, 2.45) is 0 Å². The van der Waals surface area contributed by atoms with Crippen LogP contribution in [0.15, 0.2) is 18.2 Å². The van der Waals surface area contributed by atoms with Gasteiger partial charge < -0.3 is 16.2 Å². The molecule has 1 aromatic rings. The number of carbonyl (C=O) groups is 1. The normalized spacial score (nSPS) is 18.0. The predicted molar refractivity (Wildman–Crippen MR) is 76.2 cm³/mol. The molecule has 5 heteroatoms. The molecule has 1 aliphatic carbocycles. The van der Waals surface area contributed by atoms with Gasteiger partial charge in [-0.15, -0.1) is 0 Å². The van der Waals surface area contributed by atoms with E-state index in [0.717, 1.165) is 32.1 Å². The summed E-state index contributed by atoms with van der Waals surface area (Å²) in [5.41, 5.74) is 5.61. The molecule has 0 unspecified atom stereocenters. The molecule has 0 heterocycles. The van der Waals surface area contributed by atoms with Crippen LogP contribution in [0.5, 0.6) is 0 Å². The standard InChI is InChI=1S/C14H19ClN2O2/c15-12-10(5-4-6-11(12)16)13(18)17-9-14(19)7-2-1-3-8-14/h4-6,19H,1-3,7-9,16H2,(H,17,18). The van der Waals surface area contributed by atoms with Gasteiger partial charge in [-0.3, -0.25) is 4.79 Å². The van der Waals surface area contributed by atoms with E-state index in [9.17, 15) is 9.90 Å². The van der Waals surface area contributed by atoms with Crippen molar-refractivity contribution >= 4 is 23.2 Å². The summed E-state index contributed by atoms with van der Waals surface area (Å²) in [6.45, 7) is 0.261. The van der Waals surface area contributed by atoms with E-state index in [-0.39, 0.29) is 17.5 Å². The fraction of sp³-hybridized carbons (Fsp3) is 0.500. The van der Waals surface area contributed by atoms with E-state index in [2.05, 4.69) is 5.32 Å². The van der Waals surface area contributed by atoms with E-state index in [1.165, 1.54) is 0 Å². The van der Waals surface area contributed by atoms with Gasteiger partial charge in [0.05, 0.1) is 21.9 Å². The molecule has 104 valence electrons. The van der Waals surface area contributed by atoms with Gasteiger partial charge in [0, 0.05) is 6.54 Å². The van der Waals surface area contributed by atoms with Gasteiger partial charge in [0.1, 0.15) is 0 Å². The zero-order valence-electron chi connectivity index (χ0n) is 10.8. The topological polar surface area (TPSA) is 75.4 Å². The highest BCUT2D eigenvalue weighted by molar-refractivity contribution is 6.36. The summed E-state index contributed by atoms with van der Waals surface area (Å²) in [4.78, 5) is 12.0. The van der Waals surface area contributed by atoms with Gasteiger partial charge in [-0.1, -0.05) is 36.9 Å². The lowest BCUT2D eigenvalue weighted by Crippen LogP contribution is -2.44. The number of benzene rings is 1. The molecule has 1 aromatic carbocycles. The Bertz CT molecular complexity index is 471. The zero-order valence-corrected chi connectivity index (χ0v) is 11.5. The third-order valence-electron chi connectivity index (χ3n) is 3.64. The third kappa shape index (κ3) is 3.39. The summed E-state index contributed by atoms with van der Waals surface area (Å²) >= 11 is 6.00. The molecule has 1 saturated carbocycles. The third-order valence-corrected chi connectivity index (χ3v) is 4.06. The van der Waals surface area contributed by atoms with E-state index >= 15 is 0 Å². The number of aliphatic hydroxyl groups is 1. The molecule has 0 saturated heterocycles. The van der Waals surface area contributed by atoms with Crippen LogP contribution in [0.4, 0.5) is 5.69 Å². The van der Waals surface area contributed by atoms with Crippen LogP contribution in [-0.2, 0) is 0 Å². The number of carbonyl (C=O) groups excluding carboxylic acids is 1. The molecular weight excluding hydrogens is 264 g/mol. The van der Waals surface area contributed by atoms with Crippen molar-refractivity contribution in [1.29, 1.82) is 0 Å². The van der Waals surface area contributed by atoms with Gasteiger partial charge in [0.2, 0.25) is 0 Å². The van der Waals surface area contributed by atoms with Crippen LogP contribution >= 0.6 is 11.6 Å². The Morgan fingerprint density at radius 3 is 2.74 bits per heavy atom. The van der Waals surface area contributed by atoms with Crippen LogP contribution in [0, 0.1) is 0 Å². The van der Waals surface area contributed by atoms with E-state index in [0.29, 0.717) is 11.3 Å². The van der Waals surface area contributed by atoms with Gasteiger partial charge in [-0.2, -0.15) is 0 Å². The average molecular weight is 283 g/mol. The number of hydrogen-bond donors (Lipinski definition) is 3. The van der Waals surface area contributed by atoms with Crippen molar-refractivity contribution in [2.75, 3.05) is 12.3 Å². The minimum Gasteiger partial charge on any atom is -0.398 e. The van der Waals surface area contributed by atoms with Gasteiger partial charge in [0.15, 0.2) is 0 Å². The number of amides is 1. The summed E-state index contributed by atoms with van der Waals surface area (Å²) < 4.78 is 0. The highest BCUT2D eigenvalue weighted by Gasteiger charge is 2.29. The molecule has 2 rings (SSSR count). The Kier molecular flexibility index (Phi) is 4.32. The van der Waals surface area contributed by atoms with Crippen LogP contribution in [0.1, 0.15) is 42.5 Å². The Hall–Kier alpha value is -1.26. The van der Waals surface area contributed by atoms with Crippen molar-refractivity contribution < 1.29 is 9.90 Å². The molecule has 19 heavy (non-hydrogen) atoms. The average Bonchev–Trinajstić information content (AvgIpc) is 2.40. The molecule has 1 fully saturated rings. The van der Waals surface area contributed by atoms with Crippen LogP contribution in [0.3, 0.4) is 0 Å². The fourth-order valence-corrected chi connectivity index (χ4v) is 2.66. The molecular formula is C14H19ClN2O2. The van der Waals surface area contributed by atoms with Gasteiger partial charge >= 0.3 is 0 Å². The maximum absolute atomic E-state index is 12.0. The van der Waals surface area contributed by atoms with E-state index in [1.807, 2.05) is 0 Å². The van der Waals surface area contributed by atoms with Gasteiger partial charge in [-0.05, 0) is 25.0 Å². The second-order valence-corrected chi connectivity index (χ2v) is 5.55. The number of anilines is 1. The van der Waals surface area contributed by atoms with Crippen molar-refractivity contribution in [2.45, 2.75) is 37.7 Å². The van der Waals surface area contributed by atoms with Crippen molar-refractivity contribution in [3.05, 3.63) is 28.8 Å². The SMILES string of the molecule is Nc1cccc(C(=O)NCC2(O)CCCCC2)c1Cl. The number of nitrogens with two attached hydrogens (primary N) is 1. The summed E-state index contributed by atoms with van der Waals surface area (Å²) in [6.07, 6.45) is 4.63. The molecule has 0 aromatic heterocycles. The highest BCUT2D eigenvalue weighted by Crippen LogP contribution is 2.28. The number of halogens is 1. The van der Waals surface area contributed by atoms with Gasteiger partial charge in [-0.25, -0.2) is 0 Å². The maximum Gasteiger partial charge on any atom is 0.252 e. The molecule has 1 aliphatic rings. The smallest absolute Gasteiger partial charge is 0.252 e. The molecule has 0 atom stereocenters. The van der Waals surface area contributed by atoms with Crippen LogP contribution in [-0.4, -0.2) is 23.2 Å². The number of rotatable bonds is 3. The second-order valence-electron chi connectivity index (χ2n) is 5.18. The Labute approximate surface area is 117 Å². The van der Waals surface area contributed by atoms with E-state index in [1.54, 1.807) is 18.2 Å². The quantitative estimate of drug-likeness (QED) is 0.745. The first-order chi connectivity index (χ1) is 9.02. The minimum atomic E-state index is -0.777. The monoisotopic (exact) mass is 282 g/mol. The zero-order chi connectivity index (χ0) is 13.9. The Morgan fingerprint density at radius 2 is 2.05 bits per heavy atom. The Balaban J connectivity index is 1.99. The van der Waals surface area contributed by atoms with Crippen molar-refractivity contribution in [3.63, 3.8) is 0 Å². The van der Waals surface area contributed by atoms with E-state index < -0.39 is 5.60 Å². The molecule has 1 amide bonds. The van der Waals surface area contributed by atoms with Crippen molar-refractivity contribution in [3.8, 4) is 0 Å². The number of nitrogens with one attached hydrogen (secondary N) is 1. The molecule has 4 nitrogen and oxygen atoms in total. The number of hydrogen-bond acceptors (Lipinski definition) is 3. The van der Waals surface area contributed by atoms with E-state index in [4.69, 9.17) is 17.3 Å². The van der Waals surface area contributed by atoms with Crippen LogP contribution in [0.2, 0.25) is 5.02 Å². The number of nitrogen functional groups attached to an aromatic ring is 1. The summed E-state index contributed by atoms with van der Waals surface area (Å²) in [6, 6.07) is 4.96.